The Morgan fingerprint density at radius 1 is 1.00 bits per heavy atom. The molecule has 7 nitrogen and oxygen atoms in total. The summed E-state index contributed by atoms with van der Waals surface area (Å²) in [6.07, 6.45) is 0.582. The molecule has 3 rings (SSSR count). The zero-order valence-electron chi connectivity index (χ0n) is 24.0. The van der Waals surface area contributed by atoms with Gasteiger partial charge in [-0.1, -0.05) is 69.3 Å². The zero-order valence-corrected chi connectivity index (χ0v) is 24.0. The van der Waals surface area contributed by atoms with E-state index < -0.39 is 23.8 Å². The van der Waals surface area contributed by atoms with Gasteiger partial charge in [0.2, 0.25) is 5.91 Å². The Morgan fingerprint density at radius 2 is 1.58 bits per heavy atom. The second-order valence-corrected chi connectivity index (χ2v) is 11.9. The largest absolute Gasteiger partial charge is 0.444 e. The SMILES string of the molecule is Cc1cccc(C)c1NC(=O)C(c1ccccc1)N(C(=O)C(CC(C)C)NC(=O)OC(C)(C)C)C1CC1C. The highest BCUT2D eigenvalue weighted by molar-refractivity contribution is 6.00. The number of para-hydroxylation sites is 1. The Hall–Kier alpha value is -3.35. The molecule has 7 heteroatoms. The van der Waals surface area contributed by atoms with Crippen LogP contribution in [0.5, 0.6) is 0 Å². The van der Waals surface area contributed by atoms with Gasteiger partial charge in [0.05, 0.1) is 0 Å². The van der Waals surface area contributed by atoms with Crippen LogP contribution in [0.4, 0.5) is 10.5 Å². The van der Waals surface area contributed by atoms with Crippen LogP contribution < -0.4 is 10.6 Å². The van der Waals surface area contributed by atoms with Crippen molar-refractivity contribution in [2.75, 3.05) is 5.32 Å². The molecule has 2 N–H and O–H groups in total. The Kier molecular flexibility index (Phi) is 9.23. The molecule has 1 aliphatic carbocycles. The molecular formula is C31H43N3O4. The minimum absolute atomic E-state index is 0.105. The molecule has 4 atom stereocenters. The first-order chi connectivity index (χ1) is 17.8. The minimum Gasteiger partial charge on any atom is -0.444 e. The van der Waals surface area contributed by atoms with Gasteiger partial charge >= 0.3 is 6.09 Å². The summed E-state index contributed by atoms with van der Waals surface area (Å²) in [5.74, 6) is -0.165. The topological polar surface area (TPSA) is 87.7 Å². The summed E-state index contributed by atoms with van der Waals surface area (Å²) in [6, 6.07) is 13.5. The van der Waals surface area contributed by atoms with Crippen molar-refractivity contribution < 1.29 is 19.1 Å². The molecule has 1 aliphatic rings. The van der Waals surface area contributed by atoms with Crippen LogP contribution in [-0.4, -0.2) is 40.5 Å². The van der Waals surface area contributed by atoms with Crippen LogP contribution in [0.1, 0.15) is 77.1 Å². The molecule has 0 spiro atoms. The van der Waals surface area contributed by atoms with Crippen molar-refractivity contribution in [1.82, 2.24) is 10.2 Å². The second kappa shape index (κ2) is 12.0. The molecule has 0 aliphatic heterocycles. The van der Waals surface area contributed by atoms with E-state index in [4.69, 9.17) is 4.74 Å². The summed E-state index contributed by atoms with van der Waals surface area (Å²) < 4.78 is 5.47. The molecule has 3 amide bonds. The molecule has 1 fully saturated rings. The molecule has 0 bridgehead atoms. The van der Waals surface area contributed by atoms with E-state index in [1.165, 1.54) is 0 Å². The van der Waals surface area contributed by atoms with Crippen molar-refractivity contribution in [1.29, 1.82) is 0 Å². The highest BCUT2D eigenvalue weighted by atomic mass is 16.6. The van der Waals surface area contributed by atoms with Crippen molar-refractivity contribution in [3.8, 4) is 0 Å². The fourth-order valence-corrected chi connectivity index (χ4v) is 4.77. The number of rotatable bonds is 9. The second-order valence-electron chi connectivity index (χ2n) is 11.9. The third kappa shape index (κ3) is 7.59. The fraction of sp³-hybridized carbons (Fsp3) is 0.516. The fourth-order valence-electron chi connectivity index (χ4n) is 4.77. The average Bonchev–Trinajstić information content (AvgIpc) is 3.53. The van der Waals surface area contributed by atoms with Crippen LogP contribution in [0.2, 0.25) is 0 Å². The van der Waals surface area contributed by atoms with E-state index in [1.54, 1.807) is 25.7 Å². The van der Waals surface area contributed by atoms with Gasteiger partial charge in [0.25, 0.3) is 5.91 Å². The lowest BCUT2D eigenvalue weighted by Gasteiger charge is -2.35. The van der Waals surface area contributed by atoms with E-state index in [2.05, 4.69) is 17.6 Å². The van der Waals surface area contributed by atoms with Crippen LogP contribution in [0, 0.1) is 25.7 Å². The van der Waals surface area contributed by atoms with Gasteiger partial charge in [0, 0.05) is 11.7 Å². The van der Waals surface area contributed by atoms with Gasteiger partial charge in [-0.25, -0.2) is 4.79 Å². The number of nitrogens with zero attached hydrogens (tertiary/aromatic N) is 1. The minimum atomic E-state index is -0.854. The summed E-state index contributed by atoms with van der Waals surface area (Å²) in [5, 5.41) is 5.93. The lowest BCUT2D eigenvalue weighted by atomic mass is 9.98. The Balaban J connectivity index is 2.02. The van der Waals surface area contributed by atoms with Crippen LogP contribution in [0.25, 0.3) is 0 Å². The van der Waals surface area contributed by atoms with Crippen molar-refractivity contribution >= 4 is 23.6 Å². The van der Waals surface area contributed by atoms with Crippen molar-refractivity contribution in [3.05, 3.63) is 65.2 Å². The number of alkyl carbamates (subject to hydrolysis) is 1. The Bertz CT molecular complexity index is 1120. The maximum absolute atomic E-state index is 14.3. The molecule has 2 aromatic rings. The zero-order chi connectivity index (χ0) is 28.2. The lowest BCUT2D eigenvalue weighted by molar-refractivity contribution is -0.142. The molecular weight excluding hydrogens is 478 g/mol. The van der Waals surface area contributed by atoms with Crippen molar-refractivity contribution in [2.24, 2.45) is 11.8 Å². The maximum atomic E-state index is 14.3. The highest BCUT2D eigenvalue weighted by Gasteiger charge is 2.48. The predicted octanol–water partition coefficient (Wildman–Crippen LogP) is 6.16. The number of anilines is 1. The smallest absolute Gasteiger partial charge is 0.408 e. The summed E-state index contributed by atoms with van der Waals surface area (Å²) in [4.78, 5) is 42.8. The van der Waals surface area contributed by atoms with E-state index in [1.807, 2.05) is 76.2 Å². The van der Waals surface area contributed by atoms with E-state index in [-0.39, 0.29) is 29.7 Å². The Morgan fingerprint density at radius 3 is 2.08 bits per heavy atom. The van der Waals surface area contributed by atoms with Gasteiger partial charge in [0.15, 0.2) is 0 Å². The number of hydrogen-bond acceptors (Lipinski definition) is 4. The third-order valence-electron chi connectivity index (χ3n) is 6.75. The van der Waals surface area contributed by atoms with E-state index in [0.29, 0.717) is 6.42 Å². The van der Waals surface area contributed by atoms with Crippen molar-refractivity contribution in [3.63, 3.8) is 0 Å². The van der Waals surface area contributed by atoms with Crippen LogP contribution in [0.3, 0.4) is 0 Å². The van der Waals surface area contributed by atoms with E-state index >= 15 is 0 Å². The van der Waals surface area contributed by atoms with Gasteiger partial charge in [-0.15, -0.1) is 0 Å². The maximum Gasteiger partial charge on any atom is 0.408 e. The van der Waals surface area contributed by atoms with E-state index in [0.717, 1.165) is 28.8 Å². The van der Waals surface area contributed by atoms with Gasteiger partial charge in [-0.05, 0) is 76.0 Å². The molecule has 38 heavy (non-hydrogen) atoms. The van der Waals surface area contributed by atoms with Gasteiger partial charge in [-0.3, -0.25) is 9.59 Å². The molecule has 0 aromatic heterocycles. The molecule has 0 heterocycles. The Labute approximate surface area is 227 Å². The number of aryl methyl sites for hydroxylation is 2. The number of carbonyl (C=O) groups excluding carboxylic acids is 3. The van der Waals surface area contributed by atoms with Gasteiger partial charge in [0.1, 0.15) is 17.7 Å². The van der Waals surface area contributed by atoms with Gasteiger partial charge < -0.3 is 20.3 Å². The third-order valence-corrected chi connectivity index (χ3v) is 6.75. The standard InChI is InChI=1S/C31H43N3O4/c1-19(2)17-24(32-30(37)38-31(6,7)8)29(36)34(25-18-22(25)5)27(23-15-10-9-11-16-23)28(35)33-26-20(3)13-12-14-21(26)4/h9-16,19,22,24-25,27H,17-18H2,1-8H3,(H,32,37)(H,33,35). The van der Waals surface area contributed by atoms with Gasteiger partial charge in [-0.2, -0.15) is 0 Å². The molecule has 206 valence electrons. The summed E-state index contributed by atoms with van der Waals surface area (Å²) in [6.45, 7) is 15.3. The molecule has 1 saturated carbocycles. The number of hydrogen-bond donors (Lipinski definition) is 2. The lowest BCUT2D eigenvalue weighted by Crippen LogP contribution is -2.53. The number of amides is 3. The normalized spacial score (nSPS) is 18.3. The van der Waals surface area contributed by atoms with E-state index in [9.17, 15) is 14.4 Å². The molecule has 2 aromatic carbocycles. The summed E-state index contributed by atoms with van der Waals surface area (Å²) >= 11 is 0. The number of carbonyl (C=O) groups is 3. The van der Waals surface area contributed by atoms with Crippen LogP contribution in [0.15, 0.2) is 48.5 Å². The molecule has 0 radical (unpaired) electrons. The first-order valence-electron chi connectivity index (χ1n) is 13.5. The average molecular weight is 522 g/mol. The summed E-state index contributed by atoms with van der Waals surface area (Å²) in [5.41, 5.74) is 2.68. The number of benzene rings is 2. The quantitative estimate of drug-likeness (QED) is 0.414. The molecule has 0 saturated heterocycles. The number of ether oxygens (including phenoxy) is 1. The summed E-state index contributed by atoms with van der Waals surface area (Å²) in [7, 11) is 0. The molecule has 4 unspecified atom stereocenters. The van der Waals surface area contributed by atoms with Crippen LogP contribution >= 0.6 is 0 Å². The first-order valence-corrected chi connectivity index (χ1v) is 13.5. The highest BCUT2D eigenvalue weighted by Crippen LogP contribution is 2.41. The first kappa shape index (κ1) is 29.2. The monoisotopic (exact) mass is 521 g/mol. The van der Waals surface area contributed by atoms with Crippen LogP contribution in [-0.2, 0) is 14.3 Å². The number of nitrogens with one attached hydrogen (secondary N) is 2. The predicted molar refractivity (Wildman–Crippen MR) is 151 cm³/mol. The van der Waals surface area contributed by atoms with Crippen molar-refractivity contribution in [2.45, 2.75) is 92.0 Å².